The van der Waals surface area contributed by atoms with Crippen molar-refractivity contribution in [2.75, 3.05) is 10.7 Å². The molecule has 1 unspecified atom stereocenters. The lowest BCUT2D eigenvalue weighted by molar-refractivity contribution is -0.115. The topological polar surface area (TPSA) is 20.3 Å². The molecule has 0 saturated carbocycles. The van der Waals surface area contributed by atoms with Gasteiger partial charge >= 0.3 is 0 Å². The number of carbonyl (C=O) groups is 1. The highest BCUT2D eigenvalue weighted by molar-refractivity contribution is 14.1. The Kier molecular flexibility index (Phi) is 4.21. The number of hydrogen-bond acceptors (Lipinski definition) is 3. The van der Waals surface area contributed by atoms with Crippen molar-refractivity contribution in [1.82, 2.24) is 0 Å². The molecule has 19 heavy (non-hydrogen) atoms. The van der Waals surface area contributed by atoms with E-state index in [2.05, 4.69) is 44.6 Å². The van der Waals surface area contributed by atoms with E-state index in [0.717, 1.165) is 9.47 Å². The molecule has 0 radical (unpaired) electrons. The summed E-state index contributed by atoms with van der Waals surface area (Å²) in [4.78, 5) is 15.3. The Hall–Kier alpha value is -0.0500. The predicted octanol–water partition coefficient (Wildman–Crippen LogP) is 4.89. The first kappa shape index (κ1) is 13.9. The minimum Gasteiger partial charge on any atom is -0.294 e. The standard InChI is InChI=1S/C13H9BrINOS2/c14-11-6-5-10(19-11)13-16(12(17)7-18-13)9-3-1-8(15)2-4-9/h1-6,13H,7H2. The molecule has 1 atom stereocenters. The second kappa shape index (κ2) is 5.75. The van der Waals surface area contributed by atoms with Crippen LogP contribution in [0.1, 0.15) is 10.3 Å². The molecular weight excluding hydrogens is 457 g/mol. The first-order valence-electron chi connectivity index (χ1n) is 5.59. The average Bonchev–Trinajstić information content (AvgIpc) is 2.97. The third-order valence-corrected chi connectivity index (χ3v) is 6.55. The van der Waals surface area contributed by atoms with Crippen molar-refractivity contribution in [1.29, 1.82) is 0 Å². The molecule has 0 spiro atoms. The molecule has 0 aliphatic carbocycles. The van der Waals surface area contributed by atoms with E-state index in [9.17, 15) is 4.79 Å². The summed E-state index contributed by atoms with van der Waals surface area (Å²) in [5, 5.41) is 0.101. The van der Waals surface area contributed by atoms with Gasteiger partial charge in [0.2, 0.25) is 5.91 Å². The molecule has 3 rings (SSSR count). The SMILES string of the molecule is O=C1CSC(c2ccc(Br)s2)N1c1ccc(I)cc1. The number of nitrogens with zero attached hydrogens (tertiary/aromatic N) is 1. The van der Waals surface area contributed by atoms with Crippen molar-refractivity contribution in [3.8, 4) is 0 Å². The van der Waals surface area contributed by atoms with E-state index in [0.29, 0.717) is 5.75 Å². The van der Waals surface area contributed by atoms with Gasteiger partial charge in [-0.3, -0.25) is 9.69 Å². The maximum atomic E-state index is 12.1. The monoisotopic (exact) mass is 465 g/mol. The maximum Gasteiger partial charge on any atom is 0.238 e. The van der Waals surface area contributed by atoms with Gasteiger partial charge in [0, 0.05) is 14.1 Å². The van der Waals surface area contributed by atoms with Gasteiger partial charge in [-0.05, 0) is 74.9 Å². The van der Waals surface area contributed by atoms with Crippen LogP contribution in [0.3, 0.4) is 0 Å². The second-order valence-electron chi connectivity index (χ2n) is 4.05. The quantitative estimate of drug-likeness (QED) is 0.588. The van der Waals surface area contributed by atoms with Crippen LogP contribution in [0.5, 0.6) is 0 Å². The summed E-state index contributed by atoms with van der Waals surface area (Å²) in [5.74, 6) is 0.729. The zero-order chi connectivity index (χ0) is 13.4. The van der Waals surface area contributed by atoms with Gasteiger partial charge in [0.15, 0.2) is 0 Å². The van der Waals surface area contributed by atoms with Crippen LogP contribution in [0.2, 0.25) is 0 Å². The molecule has 1 aromatic carbocycles. The fourth-order valence-electron chi connectivity index (χ4n) is 1.98. The Morgan fingerprint density at radius 3 is 2.58 bits per heavy atom. The van der Waals surface area contributed by atoms with Gasteiger partial charge in [-0.1, -0.05) is 0 Å². The summed E-state index contributed by atoms with van der Waals surface area (Å²) < 4.78 is 2.28. The molecule has 6 heteroatoms. The second-order valence-corrected chi connectivity index (χ2v) is 8.85. The van der Waals surface area contributed by atoms with Gasteiger partial charge in [-0.25, -0.2) is 0 Å². The molecule has 2 heterocycles. The lowest BCUT2D eigenvalue weighted by Crippen LogP contribution is -2.27. The molecule has 0 N–H and O–H groups in total. The van der Waals surface area contributed by atoms with Gasteiger partial charge in [-0.15, -0.1) is 23.1 Å². The van der Waals surface area contributed by atoms with Gasteiger partial charge in [0.1, 0.15) is 5.37 Å². The normalized spacial score (nSPS) is 19.2. The van der Waals surface area contributed by atoms with Crippen molar-refractivity contribution in [3.63, 3.8) is 0 Å². The van der Waals surface area contributed by atoms with Crippen LogP contribution in [0.15, 0.2) is 40.2 Å². The van der Waals surface area contributed by atoms with E-state index in [1.807, 2.05) is 35.2 Å². The molecule has 98 valence electrons. The number of hydrogen-bond donors (Lipinski definition) is 0. The summed E-state index contributed by atoms with van der Waals surface area (Å²) in [6.45, 7) is 0. The molecular formula is C13H9BrINOS2. The van der Waals surface area contributed by atoms with Crippen LogP contribution >= 0.6 is 61.6 Å². The van der Waals surface area contributed by atoms with Crippen molar-refractivity contribution in [2.24, 2.45) is 0 Å². The Balaban J connectivity index is 1.96. The van der Waals surface area contributed by atoms with Crippen LogP contribution in [0, 0.1) is 3.57 Å². The molecule has 1 fully saturated rings. The van der Waals surface area contributed by atoms with Crippen molar-refractivity contribution in [2.45, 2.75) is 5.37 Å². The highest BCUT2D eigenvalue weighted by Crippen LogP contribution is 2.44. The number of rotatable bonds is 2. The van der Waals surface area contributed by atoms with Crippen LogP contribution < -0.4 is 4.90 Å². The molecule has 1 amide bonds. The lowest BCUT2D eigenvalue weighted by Gasteiger charge is -2.23. The largest absolute Gasteiger partial charge is 0.294 e. The zero-order valence-electron chi connectivity index (χ0n) is 9.68. The van der Waals surface area contributed by atoms with Gasteiger partial charge in [-0.2, -0.15) is 0 Å². The molecule has 2 aromatic rings. The summed E-state index contributed by atoms with van der Waals surface area (Å²) in [5.41, 5.74) is 0.977. The van der Waals surface area contributed by atoms with E-state index in [4.69, 9.17) is 0 Å². The minimum absolute atomic E-state index is 0.101. The number of anilines is 1. The highest BCUT2D eigenvalue weighted by atomic mass is 127. The number of carbonyl (C=O) groups excluding carboxylic acids is 1. The zero-order valence-corrected chi connectivity index (χ0v) is 15.1. The number of thioether (sulfide) groups is 1. The van der Waals surface area contributed by atoms with E-state index in [1.54, 1.807) is 23.1 Å². The first-order valence-corrected chi connectivity index (χ1v) is 9.33. The summed E-state index contributed by atoms with van der Waals surface area (Å²) in [6.07, 6.45) is 0. The lowest BCUT2D eigenvalue weighted by atomic mass is 10.2. The fraction of sp³-hybridized carbons (Fsp3) is 0.154. The van der Waals surface area contributed by atoms with Gasteiger partial charge in [0.05, 0.1) is 9.54 Å². The maximum absolute atomic E-state index is 12.1. The van der Waals surface area contributed by atoms with Crippen LogP contribution in [0.4, 0.5) is 5.69 Å². The third-order valence-electron chi connectivity index (χ3n) is 2.81. The van der Waals surface area contributed by atoms with Gasteiger partial charge < -0.3 is 0 Å². The van der Waals surface area contributed by atoms with Crippen molar-refractivity contribution >= 4 is 73.2 Å². The van der Waals surface area contributed by atoms with E-state index in [-0.39, 0.29) is 11.3 Å². The molecule has 1 aromatic heterocycles. The van der Waals surface area contributed by atoms with E-state index >= 15 is 0 Å². The highest BCUT2D eigenvalue weighted by Gasteiger charge is 2.34. The number of thiophene rings is 1. The Morgan fingerprint density at radius 1 is 1.21 bits per heavy atom. The van der Waals surface area contributed by atoms with Crippen molar-refractivity contribution in [3.05, 3.63) is 48.6 Å². The summed E-state index contributed by atoms with van der Waals surface area (Å²) in [6, 6.07) is 12.2. The molecule has 2 nitrogen and oxygen atoms in total. The van der Waals surface area contributed by atoms with Crippen LogP contribution in [-0.4, -0.2) is 11.7 Å². The number of amides is 1. The van der Waals surface area contributed by atoms with Gasteiger partial charge in [0.25, 0.3) is 0 Å². The predicted molar refractivity (Wildman–Crippen MR) is 93.9 cm³/mol. The third kappa shape index (κ3) is 2.86. The Labute approximate surface area is 141 Å². The average molecular weight is 466 g/mol. The minimum atomic E-state index is 0.101. The summed E-state index contributed by atoms with van der Waals surface area (Å²) in [7, 11) is 0. The van der Waals surface area contributed by atoms with E-state index < -0.39 is 0 Å². The molecule has 1 aliphatic rings. The fourth-order valence-corrected chi connectivity index (χ4v) is 5.15. The van der Waals surface area contributed by atoms with Crippen LogP contribution in [0.25, 0.3) is 0 Å². The van der Waals surface area contributed by atoms with Crippen LogP contribution in [-0.2, 0) is 4.79 Å². The number of benzene rings is 1. The first-order chi connectivity index (χ1) is 9.15. The molecule has 1 saturated heterocycles. The summed E-state index contributed by atoms with van der Waals surface area (Å²) >= 11 is 9.13. The smallest absolute Gasteiger partial charge is 0.238 e. The Bertz CT molecular complexity index is 613. The Morgan fingerprint density at radius 2 is 1.95 bits per heavy atom. The number of halogens is 2. The van der Waals surface area contributed by atoms with E-state index in [1.165, 1.54) is 8.45 Å². The molecule has 1 aliphatic heterocycles. The van der Waals surface area contributed by atoms with Crippen molar-refractivity contribution < 1.29 is 4.79 Å². The molecule has 0 bridgehead atoms.